The summed E-state index contributed by atoms with van der Waals surface area (Å²) in [6.45, 7) is 5.11. The molecule has 2 unspecified atom stereocenters. The number of amides is 2. The van der Waals surface area contributed by atoms with Crippen LogP contribution in [0.2, 0.25) is 0 Å². The van der Waals surface area contributed by atoms with Crippen LogP contribution in [0.5, 0.6) is 0 Å². The molecule has 7 nitrogen and oxygen atoms in total. The van der Waals surface area contributed by atoms with E-state index in [-0.39, 0.29) is 6.03 Å². The number of carbonyl (C=O) groups is 1. The van der Waals surface area contributed by atoms with Crippen LogP contribution >= 0.6 is 0 Å². The van der Waals surface area contributed by atoms with Gasteiger partial charge in [0.2, 0.25) is 0 Å². The van der Waals surface area contributed by atoms with E-state index in [0.717, 1.165) is 64.4 Å². The van der Waals surface area contributed by atoms with Crippen LogP contribution < -0.4 is 5.32 Å². The molecule has 2 N–H and O–H groups in total. The summed E-state index contributed by atoms with van der Waals surface area (Å²) < 4.78 is 5.17. The number of hydrogen-bond acceptors (Lipinski definition) is 4. The molecule has 0 aromatic carbocycles. The maximum atomic E-state index is 12.5. The highest BCUT2D eigenvalue weighted by atomic mass is 16.5. The number of aromatic nitrogens is 2. The van der Waals surface area contributed by atoms with Gasteiger partial charge < -0.3 is 19.9 Å². The predicted molar refractivity (Wildman–Crippen MR) is 92.0 cm³/mol. The highest BCUT2D eigenvalue weighted by Gasteiger charge is 2.28. The van der Waals surface area contributed by atoms with Crippen molar-refractivity contribution in [3.63, 3.8) is 0 Å². The second-order valence-corrected chi connectivity index (χ2v) is 6.77. The monoisotopic (exact) mass is 335 g/mol. The number of aromatic amines is 1. The number of ether oxygens (including phenoxy) is 1. The molecule has 2 fully saturated rings. The number of rotatable bonds is 6. The topological polar surface area (TPSA) is 73.5 Å². The largest absolute Gasteiger partial charge is 0.383 e. The Morgan fingerprint density at radius 2 is 2.29 bits per heavy atom. The molecule has 134 valence electrons. The molecule has 2 amide bonds. The number of H-pyrrole nitrogens is 1. The van der Waals surface area contributed by atoms with Crippen LogP contribution in [0.25, 0.3) is 0 Å². The third-order valence-corrected chi connectivity index (χ3v) is 5.19. The SMILES string of the molecule is COCCN1CCCC1CNC(=O)N1CCCC(c2ncc[nH]2)C1. The van der Waals surface area contributed by atoms with Crippen molar-refractivity contribution in [2.24, 2.45) is 0 Å². The fourth-order valence-electron chi connectivity index (χ4n) is 3.83. The normalized spacial score (nSPS) is 25.1. The second kappa shape index (κ2) is 8.48. The van der Waals surface area contributed by atoms with Crippen molar-refractivity contribution in [3.8, 4) is 0 Å². The summed E-state index contributed by atoms with van der Waals surface area (Å²) in [5.41, 5.74) is 0. The second-order valence-electron chi connectivity index (χ2n) is 6.77. The summed E-state index contributed by atoms with van der Waals surface area (Å²) in [5, 5.41) is 3.14. The minimum atomic E-state index is 0.0600. The van der Waals surface area contributed by atoms with Crippen molar-refractivity contribution in [1.82, 2.24) is 25.1 Å². The molecule has 0 bridgehead atoms. The van der Waals surface area contributed by atoms with Crippen molar-refractivity contribution in [2.75, 3.05) is 46.4 Å². The molecule has 2 atom stereocenters. The molecule has 7 heteroatoms. The molecule has 0 radical (unpaired) electrons. The predicted octanol–water partition coefficient (Wildman–Crippen LogP) is 1.41. The first-order chi connectivity index (χ1) is 11.8. The van der Waals surface area contributed by atoms with Crippen LogP contribution in [-0.4, -0.2) is 78.3 Å². The van der Waals surface area contributed by atoms with Gasteiger partial charge in [-0.1, -0.05) is 0 Å². The minimum absolute atomic E-state index is 0.0600. The van der Waals surface area contributed by atoms with Crippen LogP contribution in [-0.2, 0) is 4.74 Å². The number of methoxy groups -OCH3 is 1. The third-order valence-electron chi connectivity index (χ3n) is 5.19. The van der Waals surface area contributed by atoms with Crippen molar-refractivity contribution >= 4 is 6.03 Å². The summed E-state index contributed by atoms with van der Waals surface area (Å²) in [6, 6.07) is 0.500. The van der Waals surface area contributed by atoms with Gasteiger partial charge in [-0.25, -0.2) is 9.78 Å². The molecule has 2 aliphatic rings. The number of hydrogen-bond donors (Lipinski definition) is 2. The number of likely N-dealkylation sites (tertiary alicyclic amines) is 2. The van der Waals surface area contributed by atoms with E-state index in [0.29, 0.717) is 12.0 Å². The highest BCUT2D eigenvalue weighted by Crippen LogP contribution is 2.24. The summed E-state index contributed by atoms with van der Waals surface area (Å²) in [7, 11) is 1.73. The van der Waals surface area contributed by atoms with Crippen molar-refractivity contribution in [3.05, 3.63) is 18.2 Å². The van der Waals surface area contributed by atoms with Gasteiger partial charge in [-0.3, -0.25) is 4.90 Å². The minimum Gasteiger partial charge on any atom is -0.383 e. The molecule has 2 aliphatic heterocycles. The third kappa shape index (κ3) is 4.27. The van der Waals surface area contributed by atoms with E-state index >= 15 is 0 Å². The lowest BCUT2D eigenvalue weighted by Crippen LogP contribution is -2.48. The van der Waals surface area contributed by atoms with Gasteiger partial charge in [0, 0.05) is 57.6 Å². The molecular formula is C17H29N5O2. The van der Waals surface area contributed by atoms with E-state index in [2.05, 4.69) is 20.2 Å². The Balaban J connectivity index is 1.46. The van der Waals surface area contributed by atoms with Crippen LogP contribution in [0.15, 0.2) is 12.4 Å². The molecule has 3 rings (SSSR count). The molecule has 0 aliphatic carbocycles. The smallest absolute Gasteiger partial charge is 0.317 e. The lowest BCUT2D eigenvalue weighted by molar-refractivity contribution is 0.138. The zero-order valence-corrected chi connectivity index (χ0v) is 14.5. The number of nitrogens with one attached hydrogen (secondary N) is 2. The zero-order valence-electron chi connectivity index (χ0n) is 14.5. The van der Waals surface area contributed by atoms with Crippen molar-refractivity contribution < 1.29 is 9.53 Å². The Kier molecular flexibility index (Phi) is 6.09. The van der Waals surface area contributed by atoms with E-state index in [1.165, 1.54) is 6.42 Å². The lowest BCUT2D eigenvalue weighted by Gasteiger charge is -2.32. The first-order valence-electron chi connectivity index (χ1n) is 9.03. The fourth-order valence-corrected chi connectivity index (χ4v) is 3.83. The van der Waals surface area contributed by atoms with Crippen LogP contribution in [0.4, 0.5) is 4.79 Å². The maximum Gasteiger partial charge on any atom is 0.317 e. The molecule has 1 aromatic rings. The fraction of sp³-hybridized carbons (Fsp3) is 0.765. The Labute approximate surface area is 143 Å². The van der Waals surface area contributed by atoms with Gasteiger partial charge in [-0.2, -0.15) is 0 Å². The quantitative estimate of drug-likeness (QED) is 0.824. The highest BCUT2D eigenvalue weighted by molar-refractivity contribution is 5.74. The van der Waals surface area contributed by atoms with Gasteiger partial charge in [0.05, 0.1) is 6.61 Å². The van der Waals surface area contributed by atoms with E-state index < -0.39 is 0 Å². The Morgan fingerprint density at radius 3 is 3.08 bits per heavy atom. The van der Waals surface area contributed by atoms with Crippen molar-refractivity contribution in [1.29, 1.82) is 0 Å². The lowest BCUT2D eigenvalue weighted by atomic mass is 9.98. The van der Waals surface area contributed by atoms with Crippen molar-refractivity contribution in [2.45, 2.75) is 37.6 Å². The first kappa shape index (κ1) is 17.2. The van der Waals surface area contributed by atoms with Gasteiger partial charge in [-0.15, -0.1) is 0 Å². The zero-order chi connectivity index (χ0) is 16.8. The van der Waals surface area contributed by atoms with Crippen LogP contribution in [0.3, 0.4) is 0 Å². The molecule has 3 heterocycles. The number of urea groups is 1. The number of carbonyl (C=O) groups excluding carboxylic acids is 1. The molecule has 0 spiro atoms. The average Bonchev–Trinajstić information content (AvgIpc) is 3.29. The standard InChI is InChI=1S/C17H29N5O2/c1-24-11-10-21-8-3-5-15(21)12-20-17(23)22-9-2-4-14(13-22)16-18-6-7-19-16/h6-7,14-15H,2-5,8-13H2,1H3,(H,18,19)(H,20,23). The van der Waals surface area contributed by atoms with Crippen LogP contribution in [0, 0.1) is 0 Å². The number of nitrogens with zero attached hydrogens (tertiary/aromatic N) is 3. The molecular weight excluding hydrogens is 306 g/mol. The van der Waals surface area contributed by atoms with E-state index in [4.69, 9.17) is 4.74 Å². The number of imidazole rings is 1. The van der Waals surface area contributed by atoms with Gasteiger partial charge in [0.25, 0.3) is 0 Å². The first-order valence-corrected chi connectivity index (χ1v) is 9.03. The van der Waals surface area contributed by atoms with Gasteiger partial charge in [0.15, 0.2) is 0 Å². The summed E-state index contributed by atoms with van der Waals surface area (Å²) in [5.74, 6) is 1.32. The summed E-state index contributed by atoms with van der Waals surface area (Å²) in [4.78, 5) is 24.4. The van der Waals surface area contributed by atoms with Gasteiger partial charge >= 0.3 is 6.03 Å². The van der Waals surface area contributed by atoms with Gasteiger partial charge in [-0.05, 0) is 32.2 Å². The summed E-state index contributed by atoms with van der Waals surface area (Å²) in [6.07, 6.45) is 8.10. The molecule has 0 saturated carbocycles. The number of piperidine rings is 1. The van der Waals surface area contributed by atoms with Gasteiger partial charge in [0.1, 0.15) is 5.82 Å². The summed E-state index contributed by atoms with van der Waals surface area (Å²) >= 11 is 0. The van der Waals surface area contributed by atoms with E-state index in [1.807, 2.05) is 11.1 Å². The molecule has 2 saturated heterocycles. The Hall–Kier alpha value is -1.60. The Bertz CT molecular complexity index is 507. The van der Waals surface area contributed by atoms with Crippen LogP contribution in [0.1, 0.15) is 37.4 Å². The molecule has 24 heavy (non-hydrogen) atoms. The maximum absolute atomic E-state index is 12.5. The van der Waals surface area contributed by atoms with E-state index in [9.17, 15) is 4.79 Å². The molecule has 1 aromatic heterocycles. The van der Waals surface area contributed by atoms with E-state index in [1.54, 1.807) is 13.3 Å². The Morgan fingerprint density at radius 1 is 1.42 bits per heavy atom. The average molecular weight is 335 g/mol.